The maximum atomic E-state index is 12.5. The van der Waals surface area contributed by atoms with Crippen LogP contribution in [-0.2, 0) is 16.1 Å². The number of pyridine rings is 1. The first-order valence-corrected chi connectivity index (χ1v) is 10.1. The third-order valence-corrected chi connectivity index (χ3v) is 4.90. The molecule has 1 saturated heterocycles. The van der Waals surface area contributed by atoms with Crippen molar-refractivity contribution in [3.63, 3.8) is 0 Å². The van der Waals surface area contributed by atoms with E-state index in [-0.39, 0.29) is 18.4 Å². The zero-order chi connectivity index (χ0) is 20.5. The fourth-order valence-corrected chi connectivity index (χ4v) is 3.21. The SMILES string of the molecule is CCCOc1ccccc1Oc1ncccc1CNC(=O)C(N)C1CCOCC1. The Morgan fingerprint density at radius 3 is 2.76 bits per heavy atom. The van der Waals surface area contributed by atoms with E-state index in [0.29, 0.717) is 37.2 Å². The highest BCUT2D eigenvalue weighted by Crippen LogP contribution is 2.32. The number of aromatic nitrogens is 1. The number of para-hydroxylation sites is 2. The molecule has 3 N–H and O–H groups in total. The van der Waals surface area contributed by atoms with Crippen molar-refractivity contribution >= 4 is 5.91 Å². The van der Waals surface area contributed by atoms with Crippen molar-refractivity contribution < 1.29 is 19.0 Å². The molecular formula is C22H29N3O4. The van der Waals surface area contributed by atoms with E-state index in [1.807, 2.05) is 43.3 Å². The number of amides is 1. The van der Waals surface area contributed by atoms with Crippen molar-refractivity contribution in [2.45, 2.75) is 38.8 Å². The molecule has 156 valence electrons. The maximum absolute atomic E-state index is 12.5. The summed E-state index contributed by atoms with van der Waals surface area (Å²) in [5, 5.41) is 2.92. The van der Waals surface area contributed by atoms with Crippen LogP contribution in [0.3, 0.4) is 0 Å². The molecule has 29 heavy (non-hydrogen) atoms. The molecule has 0 radical (unpaired) electrons. The van der Waals surface area contributed by atoms with Gasteiger partial charge in [0.2, 0.25) is 11.8 Å². The smallest absolute Gasteiger partial charge is 0.237 e. The summed E-state index contributed by atoms with van der Waals surface area (Å²) in [4.78, 5) is 16.8. The van der Waals surface area contributed by atoms with Crippen LogP contribution in [0.2, 0.25) is 0 Å². The van der Waals surface area contributed by atoms with Crippen LogP contribution in [0.15, 0.2) is 42.6 Å². The molecule has 1 aromatic heterocycles. The van der Waals surface area contributed by atoms with Crippen LogP contribution in [0.25, 0.3) is 0 Å². The van der Waals surface area contributed by atoms with E-state index < -0.39 is 6.04 Å². The Balaban J connectivity index is 1.64. The van der Waals surface area contributed by atoms with E-state index in [9.17, 15) is 4.79 Å². The van der Waals surface area contributed by atoms with Gasteiger partial charge in [0.15, 0.2) is 11.5 Å². The second-order valence-electron chi connectivity index (χ2n) is 7.06. The zero-order valence-corrected chi connectivity index (χ0v) is 16.8. The monoisotopic (exact) mass is 399 g/mol. The van der Waals surface area contributed by atoms with Crippen LogP contribution >= 0.6 is 0 Å². The molecule has 0 aliphatic carbocycles. The highest BCUT2D eigenvalue weighted by atomic mass is 16.5. The summed E-state index contributed by atoms with van der Waals surface area (Å²) in [6.45, 7) is 4.26. The normalized spacial score (nSPS) is 15.5. The summed E-state index contributed by atoms with van der Waals surface area (Å²) >= 11 is 0. The van der Waals surface area contributed by atoms with Crippen molar-refractivity contribution in [2.75, 3.05) is 19.8 Å². The first-order valence-electron chi connectivity index (χ1n) is 10.1. The van der Waals surface area contributed by atoms with Crippen molar-refractivity contribution in [3.8, 4) is 17.4 Å². The number of ether oxygens (including phenoxy) is 3. The molecule has 3 rings (SSSR count). The van der Waals surface area contributed by atoms with Gasteiger partial charge in [-0.05, 0) is 43.4 Å². The van der Waals surface area contributed by atoms with E-state index >= 15 is 0 Å². The van der Waals surface area contributed by atoms with Gasteiger partial charge < -0.3 is 25.3 Å². The number of benzene rings is 1. The van der Waals surface area contributed by atoms with Crippen LogP contribution in [0.5, 0.6) is 17.4 Å². The van der Waals surface area contributed by atoms with E-state index in [2.05, 4.69) is 10.3 Å². The third kappa shape index (κ3) is 5.92. The largest absolute Gasteiger partial charge is 0.490 e. The molecule has 1 aromatic carbocycles. The van der Waals surface area contributed by atoms with Gasteiger partial charge in [0.1, 0.15) is 0 Å². The number of rotatable bonds is 9. The molecule has 7 heteroatoms. The number of carbonyl (C=O) groups is 1. The Morgan fingerprint density at radius 2 is 2.00 bits per heavy atom. The van der Waals surface area contributed by atoms with Gasteiger partial charge in [-0.1, -0.05) is 25.1 Å². The number of hydrogen-bond donors (Lipinski definition) is 2. The summed E-state index contributed by atoms with van der Waals surface area (Å²) in [5.41, 5.74) is 6.92. The summed E-state index contributed by atoms with van der Waals surface area (Å²) in [5.74, 6) is 1.66. The average molecular weight is 399 g/mol. The summed E-state index contributed by atoms with van der Waals surface area (Å²) < 4.78 is 17.1. The van der Waals surface area contributed by atoms with Crippen molar-refractivity contribution in [2.24, 2.45) is 11.7 Å². The Bertz CT molecular complexity index is 793. The molecule has 7 nitrogen and oxygen atoms in total. The highest BCUT2D eigenvalue weighted by molar-refractivity contribution is 5.81. The number of nitrogens with two attached hydrogens (primary N) is 1. The molecule has 1 aliphatic rings. The lowest BCUT2D eigenvalue weighted by Gasteiger charge is -2.26. The van der Waals surface area contributed by atoms with Gasteiger partial charge in [0, 0.05) is 31.5 Å². The fourth-order valence-electron chi connectivity index (χ4n) is 3.21. The lowest BCUT2D eigenvalue weighted by molar-refractivity contribution is -0.124. The molecule has 1 aliphatic heterocycles. The van der Waals surface area contributed by atoms with Gasteiger partial charge in [-0.25, -0.2) is 4.98 Å². The van der Waals surface area contributed by atoms with Crippen LogP contribution in [-0.4, -0.2) is 36.8 Å². The van der Waals surface area contributed by atoms with Gasteiger partial charge >= 0.3 is 0 Å². The number of nitrogens with zero attached hydrogens (tertiary/aromatic N) is 1. The first-order chi connectivity index (χ1) is 14.2. The van der Waals surface area contributed by atoms with E-state index in [1.165, 1.54) is 0 Å². The Kier molecular flexibility index (Phi) is 7.84. The number of hydrogen-bond acceptors (Lipinski definition) is 6. The lowest BCUT2D eigenvalue weighted by Crippen LogP contribution is -2.46. The molecule has 1 unspecified atom stereocenters. The molecule has 0 saturated carbocycles. The Morgan fingerprint density at radius 1 is 1.24 bits per heavy atom. The first kappa shape index (κ1) is 21.1. The molecule has 2 heterocycles. The molecule has 1 atom stereocenters. The topological polar surface area (TPSA) is 95.7 Å². The minimum atomic E-state index is -0.539. The van der Waals surface area contributed by atoms with Crippen molar-refractivity contribution in [1.82, 2.24) is 10.3 Å². The molecular weight excluding hydrogens is 370 g/mol. The van der Waals surface area contributed by atoms with Crippen molar-refractivity contribution in [3.05, 3.63) is 48.2 Å². The lowest BCUT2D eigenvalue weighted by atomic mass is 9.92. The standard InChI is InChI=1S/C22H29N3O4/c1-2-12-28-18-7-3-4-8-19(18)29-22-17(6-5-11-24-22)15-25-21(26)20(23)16-9-13-27-14-10-16/h3-8,11,16,20H,2,9-10,12-15,23H2,1H3,(H,25,26). The molecule has 0 spiro atoms. The zero-order valence-electron chi connectivity index (χ0n) is 16.8. The second kappa shape index (κ2) is 10.8. The molecule has 0 bridgehead atoms. The van der Waals surface area contributed by atoms with Crippen LogP contribution in [0.1, 0.15) is 31.7 Å². The number of carbonyl (C=O) groups excluding carboxylic acids is 1. The minimum absolute atomic E-state index is 0.149. The summed E-state index contributed by atoms with van der Waals surface area (Å²) in [6, 6.07) is 10.6. The van der Waals surface area contributed by atoms with Crippen molar-refractivity contribution in [1.29, 1.82) is 0 Å². The van der Waals surface area contributed by atoms with Crippen LogP contribution in [0.4, 0.5) is 0 Å². The molecule has 1 fully saturated rings. The van der Waals surface area contributed by atoms with Gasteiger partial charge in [0.05, 0.1) is 12.6 Å². The summed E-state index contributed by atoms with van der Waals surface area (Å²) in [6.07, 6.45) is 4.18. The van der Waals surface area contributed by atoms with Gasteiger partial charge in [-0.3, -0.25) is 4.79 Å². The van der Waals surface area contributed by atoms with Gasteiger partial charge in [-0.15, -0.1) is 0 Å². The fraction of sp³-hybridized carbons (Fsp3) is 0.455. The van der Waals surface area contributed by atoms with Gasteiger partial charge in [-0.2, -0.15) is 0 Å². The highest BCUT2D eigenvalue weighted by Gasteiger charge is 2.26. The van der Waals surface area contributed by atoms with Crippen LogP contribution in [0, 0.1) is 5.92 Å². The second-order valence-corrected chi connectivity index (χ2v) is 7.06. The van der Waals surface area contributed by atoms with E-state index in [4.69, 9.17) is 19.9 Å². The van der Waals surface area contributed by atoms with E-state index in [1.54, 1.807) is 6.20 Å². The summed E-state index contributed by atoms with van der Waals surface area (Å²) in [7, 11) is 0. The van der Waals surface area contributed by atoms with E-state index in [0.717, 1.165) is 24.8 Å². The Hall–Kier alpha value is -2.64. The predicted octanol–water partition coefficient (Wildman–Crippen LogP) is 3.03. The van der Waals surface area contributed by atoms with Crippen LogP contribution < -0.4 is 20.5 Å². The predicted molar refractivity (Wildman–Crippen MR) is 110 cm³/mol. The maximum Gasteiger partial charge on any atom is 0.237 e. The quantitative estimate of drug-likeness (QED) is 0.673. The Labute approximate surface area is 171 Å². The van der Waals surface area contributed by atoms with Gasteiger partial charge in [0.25, 0.3) is 0 Å². The molecule has 1 amide bonds. The average Bonchev–Trinajstić information content (AvgIpc) is 2.77. The number of nitrogens with one attached hydrogen (secondary N) is 1. The molecule has 2 aromatic rings. The minimum Gasteiger partial charge on any atom is -0.490 e. The third-order valence-electron chi connectivity index (χ3n) is 4.90.